The average molecular weight is 295 g/mol. The van der Waals surface area contributed by atoms with E-state index in [0.717, 1.165) is 38.6 Å². The number of hydrogen-bond acceptors (Lipinski definition) is 5. The normalized spacial score (nSPS) is 23.1. The summed E-state index contributed by atoms with van der Waals surface area (Å²) in [5.74, 6) is 1.14. The number of thioether (sulfide) groups is 1. The molecule has 20 heavy (non-hydrogen) atoms. The van der Waals surface area contributed by atoms with Gasteiger partial charge in [0.25, 0.3) is 0 Å². The van der Waals surface area contributed by atoms with Crippen molar-refractivity contribution >= 4 is 17.6 Å². The van der Waals surface area contributed by atoms with Crippen LogP contribution in [-0.2, 0) is 11.3 Å². The topological polar surface area (TPSA) is 37.4 Å². The first-order chi connectivity index (χ1) is 9.70. The third-order valence-corrected chi connectivity index (χ3v) is 4.61. The lowest BCUT2D eigenvalue weighted by Gasteiger charge is -2.36. The molecule has 5 heteroatoms. The van der Waals surface area contributed by atoms with E-state index in [1.54, 1.807) is 7.11 Å². The van der Waals surface area contributed by atoms with Crippen molar-refractivity contribution in [2.45, 2.75) is 30.9 Å². The maximum Gasteiger partial charge on any atom is 0.133 e. The van der Waals surface area contributed by atoms with E-state index in [2.05, 4.69) is 46.9 Å². The van der Waals surface area contributed by atoms with Gasteiger partial charge in [0.2, 0.25) is 0 Å². The van der Waals surface area contributed by atoms with Crippen LogP contribution in [0.15, 0.2) is 18.3 Å². The second-order valence-electron chi connectivity index (χ2n) is 5.32. The molecule has 0 aliphatic carbocycles. The first-order valence-corrected chi connectivity index (χ1v) is 8.19. The first kappa shape index (κ1) is 15.6. The van der Waals surface area contributed by atoms with Crippen molar-refractivity contribution in [3.8, 4) is 0 Å². The molecule has 2 atom stereocenters. The molecule has 4 nitrogen and oxygen atoms in total. The summed E-state index contributed by atoms with van der Waals surface area (Å²) in [5.41, 5.74) is 1.27. The van der Waals surface area contributed by atoms with Gasteiger partial charge in [0.15, 0.2) is 0 Å². The molecule has 0 bridgehead atoms. The lowest BCUT2D eigenvalue weighted by Crippen LogP contribution is -2.41. The van der Waals surface area contributed by atoms with E-state index < -0.39 is 0 Å². The van der Waals surface area contributed by atoms with Crippen LogP contribution in [0.25, 0.3) is 0 Å². The molecule has 1 fully saturated rings. The minimum atomic E-state index is 0.662. The van der Waals surface area contributed by atoms with Crippen LogP contribution in [0.2, 0.25) is 0 Å². The molecule has 0 saturated carbocycles. The molecule has 1 saturated heterocycles. The third-order valence-electron chi connectivity index (χ3n) is 3.39. The molecule has 1 aliphatic rings. The minimum absolute atomic E-state index is 0.662. The van der Waals surface area contributed by atoms with Gasteiger partial charge in [0.05, 0.1) is 6.61 Å². The van der Waals surface area contributed by atoms with Crippen molar-refractivity contribution in [1.82, 2.24) is 10.3 Å². The molecule has 2 rings (SSSR count). The van der Waals surface area contributed by atoms with Crippen LogP contribution in [-0.4, -0.2) is 48.8 Å². The van der Waals surface area contributed by atoms with E-state index in [4.69, 9.17) is 4.74 Å². The largest absolute Gasteiger partial charge is 0.383 e. The molecule has 0 spiro atoms. The molecule has 2 unspecified atom stereocenters. The highest BCUT2D eigenvalue weighted by Gasteiger charge is 2.24. The Labute approximate surface area is 126 Å². The summed E-state index contributed by atoms with van der Waals surface area (Å²) in [4.78, 5) is 7.05. The Morgan fingerprint density at radius 1 is 1.40 bits per heavy atom. The molecular weight excluding hydrogens is 270 g/mol. The third kappa shape index (κ3) is 4.36. The maximum atomic E-state index is 5.06. The van der Waals surface area contributed by atoms with Crippen molar-refractivity contribution in [2.24, 2.45) is 0 Å². The Morgan fingerprint density at radius 3 is 2.85 bits per heavy atom. The highest BCUT2D eigenvalue weighted by molar-refractivity contribution is 8.00. The van der Waals surface area contributed by atoms with Crippen molar-refractivity contribution in [2.75, 3.05) is 38.3 Å². The van der Waals surface area contributed by atoms with E-state index >= 15 is 0 Å². The molecule has 1 aromatic rings. The molecular formula is C15H25N3OS. The second kappa shape index (κ2) is 7.86. The number of nitrogens with one attached hydrogen (secondary N) is 1. The highest BCUT2D eigenvalue weighted by Crippen LogP contribution is 2.29. The quantitative estimate of drug-likeness (QED) is 0.814. The van der Waals surface area contributed by atoms with Crippen LogP contribution in [0.1, 0.15) is 19.4 Å². The van der Waals surface area contributed by atoms with E-state index in [9.17, 15) is 0 Å². The lowest BCUT2D eigenvalue weighted by atomic mass is 10.2. The van der Waals surface area contributed by atoms with Crippen LogP contribution in [0.3, 0.4) is 0 Å². The summed E-state index contributed by atoms with van der Waals surface area (Å²) in [6.07, 6.45) is 1.89. The molecule has 0 aromatic carbocycles. The van der Waals surface area contributed by atoms with Crippen LogP contribution < -0.4 is 10.2 Å². The molecule has 1 aliphatic heterocycles. The lowest BCUT2D eigenvalue weighted by molar-refractivity contribution is 0.199. The number of methoxy groups -OCH3 is 1. The van der Waals surface area contributed by atoms with Gasteiger partial charge in [-0.15, -0.1) is 0 Å². The number of anilines is 1. The molecule has 1 N–H and O–H groups in total. The fraction of sp³-hybridized carbons (Fsp3) is 0.667. The Hall–Kier alpha value is -0.780. The van der Waals surface area contributed by atoms with E-state index in [-0.39, 0.29) is 0 Å². The summed E-state index contributed by atoms with van der Waals surface area (Å²) in [7, 11) is 1.73. The summed E-state index contributed by atoms with van der Waals surface area (Å²) in [6, 6.07) is 4.18. The van der Waals surface area contributed by atoms with Crippen molar-refractivity contribution in [1.29, 1.82) is 0 Å². The predicted octanol–water partition coefficient (Wildman–Crippen LogP) is 2.15. The molecule has 1 aromatic heterocycles. The smallest absolute Gasteiger partial charge is 0.133 e. The van der Waals surface area contributed by atoms with Crippen LogP contribution in [0.5, 0.6) is 0 Å². The predicted molar refractivity (Wildman–Crippen MR) is 86.5 cm³/mol. The number of aromatic nitrogens is 1. The van der Waals surface area contributed by atoms with Crippen LogP contribution in [0.4, 0.5) is 5.82 Å². The first-order valence-electron chi connectivity index (χ1n) is 7.24. The monoisotopic (exact) mass is 295 g/mol. The fourth-order valence-electron chi connectivity index (χ4n) is 2.60. The van der Waals surface area contributed by atoms with Crippen LogP contribution >= 0.6 is 11.8 Å². The summed E-state index contributed by atoms with van der Waals surface area (Å²) in [5, 5.41) is 4.73. The maximum absolute atomic E-state index is 5.06. The zero-order valence-electron chi connectivity index (χ0n) is 12.6. The number of pyridine rings is 1. The molecule has 0 radical (unpaired) electrons. The Bertz CT molecular complexity index is 406. The zero-order valence-corrected chi connectivity index (χ0v) is 13.4. The fourth-order valence-corrected chi connectivity index (χ4v) is 3.93. The molecule has 112 valence electrons. The van der Waals surface area contributed by atoms with Gasteiger partial charge in [-0.05, 0) is 6.07 Å². The second-order valence-corrected chi connectivity index (χ2v) is 7.20. The summed E-state index contributed by atoms with van der Waals surface area (Å²) < 4.78 is 5.06. The van der Waals surface area contributed by atoms with Crippen molar-refractivity contribution < 1.29 is 4.74 Å². The Balaban J connectivity index is 2.03. The van der Waals surface area contributed by atoms with E-state index in [1.807, 2.05) is 12.3 Å². The van der Waals surface area contributed by atoms with E-state index in [1.165, 1.54) is 5.56 Å². The van der Waals surface area contributed by atoms with Gasteiger partial charge >= 0.3 is 0 Å². The van der Waals surface area contributed by atoms with Gasteiger partial charge in [-0.1, -0.05) is 19.9 Å². The van der Waals surface area contributed by atoms with Gasteiger partial charge in [-0.25, -0.2) is 4.98 Å². The van der Waals surface area contributed by atoms with Gasteiger partial charge in [-0.2, -0.15) is 11.8 Å². The zero-order chi connectivity index (χ0) is 14.4. The van der Waals surface area contributed by atoms with Crippen molar-refractivity contribution in [3.05, 3.63) is 23.9 Å². The average Bonchev–Trinajstić information content (AvgIpc) is 2.43. The number of ether oxygens (including phenoxy) is 1. The summed E-state index contributed by atoms with van der Waals surface area (Å²) in [6.45, 7) is 9.21. The van der Waals surface area contributed by atoms with E-state index in [0.29, 0.717) is 10.5 Å². The van der Waals surface area contributed by atoms with Gasteiger partial charge in [0, 0.05) is 55.5 Å². The van der Waals surface area contributed by atoms with Gasteiger partial charge in [-0.3, -0.25) is 0 Å². The summed E-state index contributed by atoms with van der Waals surface area (Å²) >= 11 is 2.07. The van der Waals surface area contributed by atoms with Crippen LogP contribution in [0, 0.1) is 0 Å². The van der Waals surface area contributed by atoms with Gasteiger partial charge in [0.1, 0.15) is 5.82 Å². The molecule has 2 heterocycles. The van der Waals surface area contributed by atoms with Gasteiger partial charge < -0.3 is 15.0 Å². The Morgan fingerprint density at radius 2 is 2.15 bits per heavy atom. The minimum Gasteiger partial charge on any atom is -0.383 e. The Kier molecular flexibility index (Phi) is 6.13. The number of rotatable bonds is 6. The van der Waals surface area contributed by atoms with Crippen molar-refractivity contribution in [3.63, 3.8) is 0 Å². The highest BCUT2D eigenvalue weighted by atomic mass is 32.2. The SMILES string of the molecule is COCCNCc1cccnc1N1CC(C)SC(C)C1. The number of hydrogen-bond donors (Lipinski definition) is 1. The molecule has 0 amide bonds. The standard InChI is InChI=1S/C15H25N3OS/c1-12-10-18(11-13(2)20-12)15-14(5-4-6-17-15)9-16-7-8-19-3/h4-6,12-13,16H,7-11H2,1-3H3. The number of nitrogens with zero attached hydrogens (tertiary/aromatic N) is 2.